The maximum absolute atomic E-state index is 13.6. The number of rotatable bonds is 7. The van der Waals surface area contributed by atoms with Crippen molar-refractivity contribution in [2.75, 3.05) is 0 Å². The third-order valence-corrected chi connectivity index (χ3v) is 5.73. The summed E-state index contributed by atoms with van der Waals surface area (Å²) in [4.78, 5) is 13.6. The quantitative estimate of drug-likeness (QED) is 0.498. The predicted molar refractivity (Wildman–Crippen MR) is 121 cm³/mol. The average Bonchev–Trinajstić information content (AvgIpc) is 2.60. The maximum Gasteiger partial charge on any atom is 0.268 e. The van der Waals surface area contributed by atoms with Gasteiger partial charge in [-0.2, -0.15) is 0 Å². The van der Waals surface area contributed by atoms with Gasteiger partial charge in [-0.15, -0.1) is 0 Å². The highest BCUT2D eigenvalue weighted by atomic mass is 79.9. The second-order valence-electron chi connectivity index (χ2n) is 8.65. The molecule has 0 saturated carbocycles. The molecule has 2 aromatic rings. The summed E-state index contributed by atoms with van der Waals surface area (Å²) in [7, 11) is 0. The molecule has 0 saturated heterocycles. The van der Waals surface area contributed by atoms with Crippen LogP contribution in [-0.4, -0.2) is 17.0 Å². The topological polar surface area (TPSA) is 32.3 Å². The van der Waals surface area contributed by atoms with E-state index in [0.29, 0.717) is 6.54 Å². The van der Waals surface area contributed by atoms with Gasteiger partial charge >= 0.3 is 0 Å². The molecule has 0 aliphatic carbocycles. The smallest absolute Gasteiger partial charge is 0.268 e. The van der Waals surface area contributed by atoms with Crippen LogP contribution in [0.4, 0.5) is 0 Å². The molecular formula is C24H33BrN2O. The van der Waals surface area contributed by atoms with E-state index in [1.807, 2.05) is 49.2 Å². The average molecular weight is 445 g/mol. The van der Waals surface area contributed by atoms with Gasteiger partial charge in [-0.3, -0.25) is 9.80 Å². The number of nitrogens with one attached hydrogen (secondary N) is 1. The highest BCUT2D eigenvalue weighted by Gasteiger charge is 2.33. The van der Waals surface area contributed by atoms with E-state index in [2.05, 4.69) is 61.2 Å². The zero-order valence-corrected chi connectivity index (χ0v) is 19.6. The molecule has 0 spiro atoms. The number of halogens is 1. The van der Waals surface area contributed by atoms with Gasteiger partial charge in [0.2, 0.25) is 0 Å². The summed E-state index contributed by atoms with van der Waals surface area (Å²) in [5.74, 6) is 0.0345. The van der Waals surface area contributed by atoms with Crippen molar-refractivity contribution in [2.24, 2.45) is 5.41 Å². The molecule has 1 amide bonds. The fraction of sp³-hybridized carbons (Fsp3) is 0.458. The molecule has 4 heteroatoms. The zero-order valence-electron chi connectivity index (χ0n) is 18.0. The van der Waals surface area contributed by atoms with Crippen LogP contribution in [0.1, 0.15) is 67.6 Å². The number of carbonyl (C=O) groups is 1. The van der Waals surface area contributed by atoms with E-state index < -0.39 is 0 Å². The van der Waals surface area contributed by atoms with Gasteiger partial charge in [-0.1, -0.05) is 85.4 Å². The van der Waals surface area contributed by atoms with Crippen molar-refractivity contribution >= 4 is 21.8 Å². The first kappa shape index (κ1) is 22.6. The van der Waals surface area contributed by atoms with Crippen molar-refractivity contribution in [2.45, 2.75) is 67.0 Å². The lowest BCUT2D eigenvalue weighted by Crippen LogP contribution is -2.54. The maximum atomic E-state index is 13.6. The molecule has 0 aliphatic heterocycles. The number of amides is 1. The summed E-state index contributed by atoms with van der Waals surface area (Å²) in [6, 6.07) is 14.3. The summed E-state index contributed by atoms with van der Waals surface area (Å²) in [6.45, 7) is 13.5. The normalized spacial score (nSPS) is 12.7. The number of hydrogen-bond acceptors (Lipinski definition) is 2. The number of nitrogens with zero attached hydrogens (tertiary/aromatic N) is 1. The van der Waals surface area contributed by atoms with Crippen LogP contribution in [0.25, 0.3) is 0 Å². The summed E-state index contributed by atoms with van der Waals surface area (Å²) in [5.41, 5.74) is 7.51. The highest BCUT2D eigenvalue weighted by molar-refractivity contribution is 9.10. The monoisotopic (exact) mass is 444 g/mol. The molecular weight excluding hydrogens is 412 g/mol. The molecule has 0 aliphatic rings. The third kappa shape index (κ3) is 5.92. The van der Waals surface area contributed by atoms with E-state index in [0.717, 1.165) is 39.6 Å². The van der Waals surface area contributed by atoms with Crippen LogP contribution in [0.2, 0.25) is 0 Å². The molecule has 0 radical (unpaired) electrons. The van der Waals surface area contributed by atoms with Crippen molar-refractivity contribution in [3.63, 3.8) is 0 Å². The van der Waals surface area contributed by atoms with Crippen LogP contribution >= 0.6 is 15.9 Å². The van der Waals surface area contributed by atoms with Crippen LogP contribution in [0.15, 0.2) is 46.9 Å². The summed E-state index contributed by atoms with van der Waals surface area (Å²) in [5, 5.41) is 1.87. The molecule has 0 aromatic heterocycles. The molecule has 0 heterocycles. The fourth-order valence-electron chi connectivity index (χ4n) is 3.60. The number of hydrazine groups is 1. The van der Waals surface area contributed by atoms with Gasteiger partial charge in [-0.05, 0) is 49.4 Å². The van der Waals surface area contributed by atoms with E-state index in [4.69, 9.17) is 0 Å². The van der Waals surface area contributed by atoms with Crippen LogP contribution < -0.4 is 5.43 Å². The first-order chi connectivity index (χ1) is 13.1. The molecule has 1 N–H and O–H groups in total. The summed E-state index contributed by atoms with van der Waals surface area (Å²) < 4.78 is 1.05. The van der Waals surface area contributed by atoms with E-state index in [1.165, 1.54) is 0 Å². The first-order valence-electron chi connectivity index (χ1n) is 10.0. The number of carbonyl (C=O) groups excluding carboxylic acids is 1. The Balaban J connectivity index is 2.39. The summed E-state index contributed by atoms with van der Waals surface area (Å²) in [6.07, 6.45) is 1.97. The second kappa shape index (κ2) is 9.71. The van der Waals surface area contributed by atoms with E-state index in [9.17, 15) is 4.79 Å². The van der Waals surface area contributed by atoms with Crippen molar-refractivity contribution in [1.82, 2.24) is 10.4 Å². The Morgan fingerprint density at radius 3 is 2.25 bits per heavy atom. The van der Waals surface area contributed by atoms with Crippen molar-refractivity contribution < 1.29 is 4.79 Å². The SMILES string of the molecule is CCC[C@H](N(NCc1ccccc1Br)C(=O)c1cc(C)cc(C)c1)C(C)(C)C. The minimum atomic E-state index is -0.0363. The van der Waals surface area contributed by atoms with Crippen molar-refractivity contribution in [3.05, 3.63) is 69.2 Å². The van der Waals surface area contributed by atoms with Gasteiger partial charge in [0, 0.05) is 16.6 Å². The molecule has 2 aromatic carbocycles. The van der Waals surface area contributed by atoms with E-state index in [-0.39, 0.29) is 17.4 Å². The van der Waals surface area contributed by atoms with E-state index in [1.54, 1.807) is 0 Å². The Morgan fingerprint density at radius 2 is 1.71 bits per heavy atom. The van der Waals surface area contributed by atoms with Gasteiger partial charge in [0.15, 0.2) is 0 Å². The molecule has 0 unspecified atom stereocenters. The molecule has 0 bridgehead atoms. The Morgan fingerprint density at radius 1 is 1.11 bits per heavy atom. The Bertz CT molecular complexity index is 790. The van der Waals surface area contributed by atoms with Gasteiger partial charge in [0.05, 0.1) is 6.04 Å². The lowest BCUT2D eigenvalue weighted by atomic mass is 9.83. The minimum absolute atomic E-state index is 0.0345. The third-order valence-electron chi connectivity index (χ3n) is 4.96. The van der Waals surface area contributed by atoms with Crippen molar-refractivity contribution in [1.29, 1.82) is 0 Å². The lowest BCUT2D eigenvalue weighted by Gasteiger charge is -2.40. The second-order valence-corrected chi connectivity index (χ2v) is 9.50. The predicted octanol–water partition coefficient (Wildman–Crippen LogP) is 6.43. The zero-order chi connectivity index (χ0) is 20.9. The Kier molecular flexibility index (Phi) is 7.85. The standard InChI is InChI=1S/C24H33BrN2O/c1-7-10-22(24(4,5)6)27(26-16-19-11-8-9-12-21(19)25)23(28)20-14-17(2)13-18(3)15-20/h8-9,11-15,22,26H,7,10,16H2,1-6H3/t22-/m0/s1. The van der Waals surface area contributed by atoms with E-state index >= 15 is 0 Å². The molecule has 2 rings (SSSR count). The fourth-order valence-corrected chi connectivity index (χ4v) is 4.02. The number of hydrogen-bond donors (Lipinski definition) is 1. The first-order valence-corrected chi connectivity index (χ1v) is 10.8. The summed E-state index contributed by atoms with van der Waals surface area (Å²) >= 11 is 3.61. The van der Waals surface area contributed by atoms with Gasteiger partial charge in [0.25, 0.3) is 5.91 Å². The van der Waals surface area contributed by atoms with Crippen LogP contribution in [0, 0.1) is 19.3 Å². The van der Waals surface area contributed by atoms with Crippen LogP contribution in [-0.2, 0) is 6.54 Å². The van der Waals surface area contributed by atoms with Crippen LogP contribution in [0.3, 0.4) is 0 Å². The highest BCUT2D eigenvalue weighted by Crippen LogP contribution is 2.29. The Hall–Kier alpha value is -1.65. The molecule has 28 heavy (non-hydrogen) atoms. The van der Waals surface area contributed by atoms with Crippen molar-refractivity contribution in [3.8, 4) is 0 Å². The van der Waals surface area contributed by atoms with Crippen LogP contribution in [0.5, 0.6) is 0 Å². The molecule has 3 nitrogen and oxygen atoms in total. The number of benzene rings is 2. The molecule has 0 fully saturated rings. The van der Waals surface area contributed by atoms with Gasteiger partial charge < -0.3 is 0 Å². The Labute approximate surface area is 178 Å². The van der Waals surface area contributed by atoms with Gasteiger partial charge in [0.1, 0.15) is 0 Å². The minimum Gasteiger partial charge on any atom is -0.270 e. The molecule has 1 atom stereocenters. The lowest BCUT2D eigenvalue weighted by molar-refractivity contribution is 0.0281. The largest absolute Gasteiger partial charge is 0.270 e. The molecule has 152 valence electrons. The van der Waals surface area contributed by atoms with Gasteiger partial charge in [-0.25, -0.2) is 5.43 Å². The number of aryl methyl sites for hydroxylation is 2.